The average molecular weight is 230 g/mol. The summed E-state index contributed by atoms with van der Waals surface area (Å²) in [5.41, 5.74) is 5.74. The summed E-state index contributed by atoms with van der Waals surface area (Å²) in [7, 11) is 0. The Morgan fingerprint density at radius 2 is 2.13 bits per heavy atom. The Bertz CT molecular complexity index is 180. The fraction of sp³-hybridized carbons (Fsp3) is 1.00. The van der Waals surface area contributed by atoms with Gasteiger partial charge in [-0.1, -0.05) is 6.42 Å². The van der Waals surface area contributed by atoms with Crippen LogP contribution in [-0.2, 0) is 0 Å². The quantitative estimate of drug-likeness (QED) is 0.735. The SMILES string of the molecule is CC(N)CCCCN1CCSC(C)(C)C1. The van der Waals surface area contributed by atoms with E-state index in [9.17, 15) is 0 Å². The van der Waals surface area contributed by atoms with Gasteiger partial charge in [-0.25, -0.2) is 0 Å². The van der Waals surface area contributed by atoms with Crippen LogP contribution in [0.3, 0.4) is 0 Å². The van der Waals surface area contributed by atoms with Gasteiger partial charge in [0.2, 0.25) is 0 Å². The van der Waals surface area contributed by atoms with Crippen molar-refractivity contribution in [3.63, 3.8) is 0 Å². The second-order valence-corrected chi connectivity index (χ2v) is 7.16. The molecule has 2 nitrogen and oxygen atoms in total. The molecule has 1 aliphatic rings. The predicted octanol–water partition coefficient (Wildman–Crippen LogP) is 2.33. The third kappa shape index (κ3) is 5.79. The summed E-state index contributed by atoms with van der Waals surface area (Å²) >= 11 is 2.11. The summed E-state index contributed by atoms with van der Waals surface area (Å²) in [6.07, 6.45) is 3.76. The van der Waals surface area contributed by atoms with Crippen molar-refractivity contribution in [3.05, 3.63) is 0 Å². The lowest BCUT2D eigenvalue weighted by atomic mass is 10.1. The smallest absolute Gasteiger partial charge is 0.0231 e. The fourth-order valence-corrected chi connectivity index (χ4v) is 3.28. The minimum Gasteiger partial charge on any atom is -0.328 e. The zero-order valence-corrected chi connectivity index (χ0v) is 11.3. The predicted molar refractivity (Wildman–Crippen MR) is 70.5 cm³/mol. The van der Waals surface area contributed by atoms with E-state index >= 15 is 0 Å². The monoisotopic (exact) mass is 230 g/mol. The number of thioether (sulfide) groups is 1. The lowest BCUT2D eigenvalue weighted by Crippen LogP contribution is -2.43. The number of hydrogen-bond acceptors (Lipinski definition) is 3. The largest absolute Gasteiger partial charge is 0.328 e. The zero-order valence-electron chi connectivity index (χ0n) is 10.5. The molecule has 0 aliphatic carbocycles. The average Bonchev–Trinajstić information content (AvgIpc) is 2.10. The van der Waals surface area contributed by atoms with E-state index < -0.39 is 0 Å². The summed E-state index contributed by atoms with van der Waals surface area (Å²) in [6.45, 7) is 10.6. The molecule has 2 N–H and O–H groups in total. The molecule has 15 heavy (non-hydrogen) atoms. The molecule has 0 amide bonds. The van der Waals surface area contributed by atoms with Crippen LogP contribution in [0.2, 0.25) is 0 Å². The van der Waals surface area contributed by atoms with Crippen LogP contribution in [0.1, 0.15) is 40.0 Å². The Morgan fingerprint density at radius 3 is 2.73 bits per heavy atom. The lowest BCUT2D eigenvalue weighted by Gasteiger charge is -2.37. The molecule has 1 heterocycles. The molecule has 90 valence electrons. The van der Waals surface area contributed by atoms with Crippen molar-refractivity contribution in [2.24, 2.45) is 5.73 Å². The van der Waals surface area contributed by atoms with Crippen molar-refractivity contribution in [1.82, 2.24) is 4.90 Å². The van der Waals surface area contributed by atoms with E-state index in [1.807, 2.05) is 0 Å². The molecule has 1 fully saturated rings. The first-order valence-corrected chi connectivity index (χ1v) is 7.10. The van der Waals surface area contributed by atoms with Gasteiger partial charge in [0.1, 0.15) is 0 Å². The second-order valence-electron chi connectivity index (χ2n) is 5.36. The number of hydrogen-bond donors (Lipinski definition) is 1. The maximum absolute atomic E-state index is 5.74. The van der Waals surface area contributed by atoms with E-state index in [1.54, 1.807) is 0 Å². The summed E-state index contributed by atoms with van der Waals surface area (Å²) in [5.74, 6) is 1.29. The van der Waals surface area contributed by atoms with Crippen LogP contribution < -0.4 is 5.73 Å². The minimum atomic E-state index is 0.373. The molecule has 1 atom stereocenters. The van der Waals surface area contributed by atoms with Gasteiger partial charge in [-0.15, -0.1) is 0 Å². The number of nitrogens with two attached hydrogens (primary N) is 1. The van der Waals surface area contributed by atoms with Crippen LogP contribution in [0.4, 0.5) is 0 Å². The topological polar surface area (TPSA) is 29.3 Å². The van der Waals surface area contributed by atoms with Gasteiger partial charge in [0.15, 0.2) is 0 Å². The molecule has 0 aromatic rings. The van der Waals surface area contributed by atoms with Gasteiger partial charge in [-0.3, -0.25) is 0 Å². The van der Waals surface area contributed by atoms with Gasteiger partial charge >= 0.3 is 0 Å². The molecule has 1 saturated heterocycles. The van der Waals surface area contributed by atoms with Gasteiger partial charge in [-0.2, -0.15) is 11.8 Å². The van der Waals surface area contributed by atoms with E-state index in [-0.39, 0.29) is 0 Å². The Labute approximate surface area is 99.0 Å². The molecule has 1 unspecified atom stereocenters. The van der Waals surface area contributed by atoms with E-state index in [4.69, 9.17) is 5.73 Å². The molecule has 1 rings (SSSR count). The third-order valence-electron chi connectivity index (χ3n) is 2.89. The molecule has 0 aromatic carbocycles. The van der Waals surface area contributed by atoms with Crippen molar-refractivity contribution < 1.29 is 0 Å². The van der Waals surface area contributed by atoms with Crippen molar-refractivity contribution in [3.8, 4) is 0 Å². The molecular weight excluding hydrogens is 204 g/mol. The maximum atomic E-state index is 5.74. The van der Waals surface area contributed by atoms with E-state index in [1.165, 1.54) is 44.6 Å². The molecule has 0 bridgehead atoms. The number of rotatable bonds is 5. The van der Waals surface area contributed by atoms with E-state index in [0.717, 1.165) is 0 Å². The van der Waals surface area contributed by atoms with Gasteiger partial charge < -0.3 is 10.6 Å². The molecule has 0 radical (unpaired) electrons. The standard InChI is InChI=1S/C12H26N2S/c1-11(13)6-4-5-7-14-8-9-15-12(2,3)10-14/h11H,4-10,13H2,1-3H3. The highest BCUT2D eigenvalue weighted by molar-refractivity contribution is 8.00. The summed E-state index contributed by atoms with van der Waals surface area (Å²) in [6, 6.07) is 0.373. The minimum absolute atomic E-state index is 0.373. The Balaban J connectivity index is 2.11. The molecule has 0 saturated carbocycles. The highest BCUT2D eigenvalue weighted by atomic mass is 32.2. The van der Waals surface area contributed by atoms with Crippen molar-refractivity contribution >= 4 is 11.8 Å². The Hall–Kier alpha value is 0.270. The summed E-state index contributed by atoms with van der Waals surface area (Å²) < 4.78 is 0.458. The molecule has 0 aromatic heterocycles. The lowest BCUT2D eigenvalue weighted by molar-refractivity contribution is 0.254. The zero-order chi connectivity index (χ0) is 11.3. The summed E-state index contributed by atoms with van der Waals surface area (Å²) in [4.78, 5) is 2.61. The van der Waals surface area contributed by atoms with Crippen LogP contribution in [0.5, 0.6) is 0 Å². The normalized spacial score (nSPS) is 24.0. The summed E-state index contributed by atoms with van der Waals surface area (Å²) in [5, 5.41) is 0. The van der Waals surface area contributed by atoms with Gasteiger partial charge in [-0.05, 0) is 40.2 Å². The molecular formula is C12H26N2S. The Morgan fingerprint density at radius 1 is 1.40 bits per heavy atom. The molecule has 3 heteroatoms. The van der Waals surface area contributed by atoms with Crippen LogP contribution in [0, 0.1) is 0 Å². The van der Waals surface area contributed by atoms with Gasteiger partial charge in [0.05, 0.1) is 0 Å². The van der Waals surface area contributed by atoms with Crippen LogP contribution in [0.25, 0.3) is 0 Å². The first kappa shape index (κ1) is 13.3. The van der Waals surface area contributed by atoms with E-state index in [2.05, 4.69) is 37.4 Å². The van der Waals surface area contributed by atoms with Crippen LogP contribution in [0.15, 0.2) is 0 Å². The number of unbranched alkanes of at least 4 members (excludes halogenated alkanes) is 1. The van der Waals surface area contributed by atoms with Crippen LogP contribution in [-0.4, -0.2) is 41.1 Å². The highest BCUT2D eigenvalue weighted by Crippen LogP contribution is 2.29. The van der Waals surface area contributed by atoms with Crippen LogP contribution >= 0.6 is 11.8 Å². The van der Waals surface area contributed by atoms with Crippen molar-refractivity contribution in [2.75, 3.05) is 25.4 Å². The molecule has 0 spiro atoms. The maximum Gasteiger partial charge on any atom is 0.0231 e. The first-order valence-electron chi connectivity index (χ1n) is 6.11. The van der Waals surface area contributed by atoms with Gasteiger partial charge in [0, 0.05) is 29.6 Å². The highest BCUT2D eigenvalue weighted by Gasteiger charge is 2.26. The third-order valence-corrected chi connectivity index (χ3v) is 4.19. The van der Waals surface area contributed by atoms with Crippen molar-refractivity contribution in [1.29, 1.82) is 0 Å². The number of nitrogens with zero attached hydrogens (tertiary/aromatic N) is 1. The van der Waals surface area contributed by atoms with Gasteiger partial charge in [0.25, 0.3) is 0 Å². The fourth-order valence-electron chi connectivity index (χ4n) is 2.11. The molecule has 1 aliphatic heterocycles. The van der Waals surface area contributed by atoms with E-state index in [0.29, 0.717) is 10.8 Å². The Kier molecular flexibility index (Phi) is 5.44. The second kappa shape index (κ2) is 6.12. The first-order chi connectivity index (χ1) is 6.99. The van der Waals surface area contributed by atoms with Crippen molar-refractivity contribution in [2.45, 2.75) is 50.8 Å².